The third-order valence-corrected chi connectivity index (χ3v) is 6.94. The summed E-state index contributed by atoms with van der Waals surface area (Å²) in [5.41, 5.74) is 0.324. The monoisotopic (exact) mass is 436 g/mol. The molecule has 0 radical (unpaired) electrons. The predicted octanol–water partition coefficient (Wildman–Crippen LogP) is 3.91. The number of nitro groups is 1. The van der Waals surface area contributed by atoms with E-state index in [1.807, 2.05) is 0 Å². The minimum atomic E-state index is -0.511. The van der Waals surface area contributed by atoms with Gasteiger partial charge in [-0.2, -0.15) is 0 Å². The van der Waals surface area contributed by atoms with Crippen molar-refractivity contribution >= 4 is 39.2 Å². The summed E-state index contributed by atoms with van der Waals surface area (Å²) in [5.74, 6) is 1.63. The fourth-order valence-corrected chi connectivity index (χ4v) is 5.91. The summed E-state index contributed by atoms with van der Waals surface area (Å²) in [7, 11) is 0. The molecule has 0 aromatic heterocycles. The zero-order valence-electron chi connectivity index (χ0n) is 14.7. The van der Waals surface area contributed by atoms with Crippen LogP contribution in [0.5, 0.6) is 0 Å². The van der Waals surface area contributed by atoms with E-state index in [9.17, 15) is 19.7 Å². The van der Waals surface area contributed by atoms with Gasteiger partial charge in [0.05, 0.1) is 16.5 Å². The zero-order valence-corrected chi connectivity index (χ0v) is 16.3. The van der Waals surface area contributed by atoms with E-state index >= 15 is 0 Å². The van der Waals surface area contributed by atoms with Crippen molar-refractivity contribution in [1.82, 2.24) is 0 Å². The number of nitrogens with zero attached hydrogens (tertiary/aromatic N) is 1. The molecule has 0 saturated heterocycles. The quantitative estimate of drug-likeness (QED) is 0.428. The van der Waals surface area contributed by atoms with Crippen molar-refractivity contribution in [2.75, 3.05) is 11.9 Å². The Kier molecular flexibility index (Phi) is 4.92. The number of nitro benzene ring substituents is 1. The van der Waals surface area contributed by atoms with Gasteiger partial charge in [0, 0.05) is 16.6 Å². The van der Waals surface area contributed by atoms with E-state index in [0.29, 0.717) is 22.0 Å². The number of anilines is 1. The Morgan fingerprint density at radius 1 is 1.15 bits per heavy atom. The maximum absolute atomic E-state index is 12.6. The lowest BCUT2D eigenvalue weighted by Gasteiger charge is -2.53. The van der Waals surface area contributed by atoms with Crippen molar-refractivity contribution in [2.24, 2.45) is 29.6 Å². The smallest absolute Gasteiger partial charge is 0.310 e. The molecule has 8 heteroatoms. The van der Waals surface area contributed by atoms with Crippen molar-refractivity contribution in [1.29, 1.82) is 0 Å². The Hall–Kier alpha value is -1.96. The molecular weight excluding hydrogens is 416 g/mol. The molecule has 4 saturated carbocycles. The van der Waals surface area contributed by atoms with Crippen LogP contribution in [-0.2, 0) is 14.3 Å². The predicted molar refractivity (Wildman–Crippen MR) is 101 cm³/mol. The number of benzene rings is 1. The third kappa shape index (κ3) is 3.72. The lowest BCUT2D eigenvalue weighted by atomic mass is 9.52. The van der Waals surface area contributed by atoms with Crippen LogP contribution in [0.4, 0.5) is 11.4 Å². The Morgan fingerprint density at radius 3 is 2.33 bits per heavy atom. The molecule has 7 nitrogen and oxygen atoms in total. The molecule has 0 atom stereocenters. The van der Waals surface area contributed by atoms with Crippen LogP contribution in [0.3, 0.4) is 0 Å². The van der Waals surface area contributed by atoms with Gasteiger partial charge >= 0.3 is 5.97 Å². The number of hydrogen-bond donors (Lipinski definition) is 1. The van der Waals surface area contributed by atoms with Crippen molar-refractivity contribution < 1.29 is 19.2 Å². The second-order valence-electron chi connectivity index (χ2n) is 8.03. The van der Waals surface area contributed by atoms with Gasteiger partial charge in [-0.25, -0.2) is 0 Å². The maximum atomic E-state index is 12.6. The second-order valence-corrected chi connectivity index (χ2v) is 8.89. The number of carbonyl (C=O) groups is 2. The van der Waals surface area contributed by atoms with Gasteiger partial charge in [-0.3, -0.25) is 19.7 Å². The van der Waals surface area contributed by atoms with Crippen LogP contribution in [0.25, 0.3) is 0 Å². The van der Waals surface area contributed by atoms with Gasteiger partial charge in [0.1, 0.15) is 0 Å². The highest BCUT2D eigenvalue weighted by atomic mass is 79.9. The molecule has 4 bridgehead atoms. The summed E-state index contributed by atoms with van der Waals surface area (Å²) >= 11 is 3.20. The van der Waals surface area contributed by atoms with Crippen LogP contribution >= 0.6 is 15.9 Å². The SMILES string of the molecule is O=C(COC(=O)C1C2CC3CC(C2)CC1C3)Nc1ccc([N+](=O)[O-])cc1Br. The van der Waals surface area contributed by atoms with E-state index in [4.69, 9.17) is 4.74 Å². The molecule has 1 aromatic rings. The highest BCUT2D eigenvalue weighted by Gasteiger charge is 2.51. The number of hydrogen-bond acceptors (Lipinski definition) is 5. The lowest BCUT2D eigenvalue weighted by molar-refractivity contribution is -0.384. The highest BCUT2D eigenvalue weighted by Crippen LogP contribution is 2.56. The number of ether oxygens (including phenoxy) is 1. The van der Waals surface area contributed by atoms with Crippen molar-refractivity contribution in [3.63, 3.8) is 0 Å². The molecule has 5 rings (SSSR count). The fraction of sp³-hybridized carbons (Fsp3) is 0.579. The molecule has 144 valence electrons. The van der Waals surface area contributed by atoms with Gasteiger partial charge in [-0.1, -0.05) is 0 Å². The molecule has 0 aliphatic heterocycles. The van der Waals surface area contributed by atoms with Gasteiger partial charge in [-0.15, -0.1) is 0 Å². The summed E-state index contributed by atoms with van der Waals surface area (Å²) in [6.07, 6.45) is 5.80. The van der Waals surface area contributed by atoms with Crippen LogP contribution in [-0.4, -0.2) is 23.4 Å². The molecule has 0 heterocycles. The van der Waals surface area contributed by atoms with Gasteiger partial charge in [0.15, 0.2) is 6.61 Å². The molecule has 27 heavy (non-hydrogen) atoms. The summed E-state index contributed by atoms with van der Waals surface area (Å²) in [6, 6.07) is 4.07. The molecular formula is C19H21BrN2O5. The molecule has 0 spiro atoms. The minimum absolute atomic E-state index is 0.0586. The number of carbonyl (C=O) groups excluding carboxylic acids is 2. The number of nitrogens with one attached hydrogen (secondary N) is 1. The number of esters is 1. The van der Waals surface area contributed by atoms with Crippen LogP contribution in [0.2, 0.25) is 0 Å². The maximum Gasteiger partial charge on any atom is 0.310 e. The first kappa shape index (κ1) is 18.4. The Labute approximate surface area is 165 Å². The fourth-order valence-electron chi connectivity index (χ4n) is 5.45. The van der Waals surface area contributed by atoms with Gasteiger partial charge in [0.2, 0.25) is 0 Å². The van der Waals surface area contributed by atoms with Crippen LogP contribution in [0.15, 0.2) is 22.7 Å². The molecule has 4 aliphatic carbocycles. The number of non-ortho nitro benzene ring substituents is 1. The molecule has 1 amide bonds. The average molecular weight is 437 g/mol. The highest BCUT2D eigenvalue weighted by molar-refractivity contribution is 9.10. The Bertz CT molecular complexity index is 768. The van der Waals surface area contributed by atoms with Gasteiger partial charge in [0.25, 0.3) is 11.6 Å². The average Bonchev–Trinajstić information content (AvgIpc) is 2.60. The Balaban J connectivity index is 1.32. The molecule has 1 aromatic carbocycles. The summed E-state index contributed by atoms with van der Waals surface area (Å²) < 4.78 is 5.73. The topological polar surface area (TPSA) is 98.5 Å². The van der Waals surface area contributed by atoms with Crippen LogP contribution in [0, 0.1) is 39.7 Å². The molecule has 0 unspecified atom stereocenters. The summed E-state index contributed by atoms with van der Waals surface area (Å²) in [5, 5.41) is 13.4. The largest absolute Gasteiger partial charge is 0.455 e. The van der Waals surface area contributed by atoms with Gasteiger partial charge < -0.3 is 10.1 Å². The Morgan fingerprint density at radius 2 is 1.78 bits per heavy atom. The van der Waals surface area contributed by atoms with E-state index in [0.717, 1.165) is 37.5 Å². The van der Waals surface area contributed by atoms with Crippen molar-refractivity contribution in [3.05, 3.63) is 32.8 Å². The van der Waals surface area contributed by atoms with Gasteiger partial charge in [-0.05, 0) is 77.8 Å². The number of rotatable bonds is 5. The van der Waals surface area contributed by atoms with Crippen LogP contribution < -0.4 is 5.32 Å². The van der Waals surface area contributed by atoms with Crippen LogP contribution in [0.1, 0.15) is 32.1 Å². The van der Waals surface area contributed by atoms with Crippen molar-refractivity contribution in [2.45, 2.75) is 32.1 Å². The molecule has 4 fully saturated rings. The zero-order chi connectivity index (χ0) is 19.1. The summed E-state index contributed by atoms with van der Waals surface area (Å²) in [6.45, 7) is -0.342. The number of halogens is 1. The first-order valence-electron chi connectivity index (χ1n) is 9.31. The first-order valence-corrected chi connectivity index (χ1v) is 10.1. The normalized spacial score (nSPS) is 30.8. The second kappa shape index (κ2) is 7.22. The minimum Gasteiger partial charge on any atom is -0.455 e. The lowest BCUT2D eigenvalue weighted by Crippen LogP contribution is -2.48. The van der Waals surface area contributed by atoms with Crippen molar-refractivity contribution in [3.8, 4) is 0 Å². The van der Waals surface area contributed by atoms with E-state index < -0.39 is 10.8 Å². The van der Waals surface area contributed by atoms with E-state index in [2.05, 4.69) is 21.2 Å². The standard InChI is InChI=1S/C19H21BrN2O5/c20-15-8-14(22(25)26)1-2-16(15)21-17(23)9-27-19(24)18-12-4-10-3-11(6-12)7-13(18)5-10/h1-2,8,10-13,18H,3-7,9H2,(H,21,23). The van der Waals surface area contributed by atoms with E-state index in [1.54, 1.807) is 0 Å². The first-order chi connectivity index (χ1) is 12.9. The molecule has 1 N–H and O–H groups in total. The summed E-state index contributed by atoms with van der Waals surface area (Å²) in [4.78, 5) is 35.0. The molecule has 4 aliphatic rings. The van der Waals surface area contributed by atoms with E-state index in [1.165, 1.54) is 24.6 Å². The van der Waals surface area contributed by atoms with E-state index in [-0.39, 0.29) is 24.2 Å². The number of amides is 1. The third-order valence-electron chi connectivity index (χ3n) is 6.28.